The molecule has 0 N–H and O–H groups in total. The van der Waals surface area contributed by atoms with E-state index in [1.165, 1.54) is 0 Å². The van der Waals surface area contributed by atoms with Crippen LogP contribution >= 0.6 is 0 Å². The first-order valence-electron chi connectivity index (χ1n) is 8.63. The number of carbonyl (C=O) groups excluding carboxylic acids is 1. The molecule has 2 aromatic rings. The fourth-order valence-electron chi connectivity index (χ4n) is 3.14. The van der Waals surface area contributed by atoms with Gasteiger partial charge in [-0.2, -0.15) is 0 Å². The summed E-state index contributed by atoms with van der Waals surface area (Å²) in [4.78, 5) is 17.0. The fraction of sp³-hybridized carbons (Fsp3) is 0.350. The number of para-hydroxylation sites is 3. The highest BCUT2D eigenvalue weighted by Crippen LogP contribution is 2.29. The topological polar surface area (TPSA) is 42.0 Å². The third kappa shape index (κ3) is 3.71. The molecule has 132 valence electrons. The Labute approximate surface area is 148 Å². The van der Waals surface area contributed by atoms with Gasteiger partial charge in [0.05, 0.1) is 25.0 Å². The monoisotopic (exact) mass is 340 g/mol. The molecule has 0 spiro atoms. The summed E-state index contributed by atoms with van der Waals surface area (Å²) in [5.74, 6) is 1.55. The molecule has 1 saturated heterocycles. The molecule has 1 aliphatic heterocycles. The zero-order valence-electron chi connectivity index (χ0n) is 14.8. The van der Waals surface area contributed by atoms with Gasteiger partial charge in [0.2, 0.25) is 0 Å². The molecule has 25 heavy (non-hydrogen) atoms. The highest BCUT2D eigenvalue weighted by atomic mass is 16.5. The van der Waals surface area contributed by atoms with Gasteiger partial charge in [0.15, 0.2) is 0 Å². The second-order valence-electron chi connectivity index (χ2n) is 5.88. The third-order valence-corrected chi connectivity index (χ3v) is 4.41. The predicted octanol–water partition coefficient (Wildman–Crippen LogP) is 3.06. The standard InChI is InChI=1S/C20H24N2O3/c1-3-25-18-10-6-4-8-16(18)20(23)22-14-12-21(13-15-22)17-9-5-7-11-19(17)24-2/h4-11H,3,12-15H2,1-2H3. The zero-order valence-corrected chi connectivity index (χ0v) is 14.8. The maximum absolute atomic E-state index is 12.9. The summed E-state index contributed by atoms with van der Waals surface area (Å²) in [6.45, 7) is 5.39. The minimum absolute atomic E-state index is 0.0312. The van der Waals surface area contributed by atoms with Crippen molar-refractivity contribution in [3.8, 4) is 11.5 Å². The van der Waals surface area contributed by atoms with E-state index in [0.717, 1.165) is 24.5 Å². The minimum Gasteiger partial charge on any atom is -0.495 e. The first kappa shape index (κ1) is 17.1. The molecular weight excluding hydrogens is 316 g/mol. The molecule has 5 nitrogen and oxygen atoms in total. The molecule has 0 bridgehead atoms. The Morgan fingerprint density at radius 3 is 2.28 bits per heavy atom. The van der Waals surface area contributed by atoms with Crippen molar-refractivity contribution < 1.29 is 14.3 Å². The molecule has 1 amide bonds. The van der Waals surface area contributed by atoms with Crippen molar-refractivity contribution in [2.24, 2.45) is 0 Å². The van der Waals surface area contributed by atoms with Crippen molar-refractivity contribution in [1.29, 1.82) is 0 Å². The maximum atomic E-state index is 12.9. The van der Waals surface area contributed by atoms with Crippen LogP contribution in [0.3, 0.4) is 0 Å². The van der Waals surface area contributed by atoms with Gasteiger partial charge in [0, 0.05) is 26.2 Å². The van der Waals surface area contributed by atoms with E-state index in [9.17, 15) is 4.79 Å². The van der Waals surface area contributed by atoms with E-state index in [-0.39, 0.29) is 5.91 Å². The Hall–Kier alpha value is -2.69. The highest BCUT2D eigenvalue weighted by Gasteiger charge is 2.25. The number of hydrogen-bond donors (Lipinski definition) is 0. The number of benzene rings is 2. The summed E-state index contributed by atoms with van der Waals surface area (Å²) in [5.41, 5.74) is 1.71. The van der Waals surface area contributed by atoms with Crippen LogP contribution in [0.5, 0.6) is 11.5 Å². The molecule has 1 aliphatic rings. The van der Waals surface area contributed by atoms with Gasteiger partial charge in [-0.05, 0) is 31.2 Å². The van der Waals surface area contributed by atoms with Crippen LogP contribution in [0.4, 0.5) is 5.69 Å². The lowest BCUT2D eigenvalue weighted by Crippen LogP contribution is -2.49. The molecule has 5 heteroatoms. The lowest BCUT2D eigenvalue weighted by molar-refractivity contribution is 0.0742. The average molecular weight is 340 g/mol. The molecule has 0 radical (unpaired) electrons. The number of hydrogen-bond acceptors (Lipinski definition) is 4. The molecule has 3 rings (SSSR count). The lowest BCUT2D eigenvalue weighted by atomic mass is 10.1. The summed E-state index contributed by atoms with van der Waals surface area (Å²) in [6.07, 6.45) is 0. The van der Waals surface area contributed by atoms with Crippen molar-refractivity contribution in [3.05, 3.63) is 54.1 Å². The minimum atomic E-state index is 0.0312. The van der Waals surface area contributed by atoms with Crippen molar-refractivity contribution >= 4 is 11.6 Å². The molecular formula is C20H24N2O3. The maximum Gasteiger partial charge on any atom is 0.257 e. The van der Waals surface area contributed by atoms with Gasteiger partial charge in [-0.1, -0.05) is 24.3 Å². The van der Waals surface area contributed by atoms with E-state index in [4.69, 9.17) is 9.47 Å². The van der Waals surface area contributed by atoms with E-state index < -0.39 is 0 Å². The van der Waals surface area contributed by atoms with Gasteiger partial charge >= 0.3 is 0 Å². The number of rotatable bonds is 5. The predicted molar refractivity (Wildman–Crippen MR) is 98.7 cm³/mol. The summed E-state index contributed by atoms with van der Waals surface area (Å²) in [7, 11) is 1.68. The van der Waals surface area contributed by atoms with E-state index in [2.05, 4.69) is 11.0 Å². The van der Waals surface area contributed by atoms with Crippen molar-refractivity contribution in [1.82, 2.24) is 4.90 Å². The van der Waals surface area contributed by atoms with E-state index in [1.54, 1.807) is 7.11 Å². The van der Waals surface area contributed by atoms with Crippen molar-refractivity contribution in [3.63, 3.8) is 0 Å². The van der Waals surface area contributed by atoms with Gasteiger partial charge in [0.1, 0.15) is 11.5 Å². The quantitative estimate of drug-likeness (QED) is 0.839. The smallest absolute Gasteiger partial charge is 0.257 e. The second kappa shape index (κ2) is 7.92. The van der Waals surface area contributed by atoms with Crippen LogP contribution in [0, 0.1) is 0 Å². The number of anilines is 1. The molecule has 2 aromatic carbocycles. The summed E-state index contributed by atoms with van der Waals surface area (Å²) in [5, 5.41) is 0. The second-order valence-corrected chi connectivity index (χ2v) is 5.88. The van der Waals surface area contributed by atoms with Crippen LogP contribution in [0.1, 0.15) is 17.3 Å². The molecule has 1 heterocycles. The van der Waals surface area contributed by atoms with E-state index in [1.807, 2.05) is 54.3 Å². The van der Waals surface area contributed by atoms with Gasteiger partial charge in [-0.15, -0.1) is 0 Å². The normalized spacial score (nSPS) is 14.3. The van der Waals surface area contributed by atoms with E-state index >= 15 is 0 Å². The van der Waals surface area contributed by atoms with Crippen LogP contribution in [0.25, 0.3) is 0 Å². The highest BCUT2D eigenvalue weighted by molar-refractivity contribution is 5.97. The summed E-state index contributed by atoms with van der Waals surface area (Å²) >= 11 is 0. The largest absolute Gasteiger partial charge is 0.495 e. The first-order valence-corrected chi connectivity index (χ1v) is 8.63. The average Bonchev–Trinajstić information content (AvgIpc) is 2.68. The molecule has 0 atom stereocenters. The van der Waals surface area contributed by atoms with Crippen molar-refractivity contribution in [2.45, 2.75) is 6.92 Å². The Bertz CT molecular complexity index is 724. The number of amides is 1. The van der Waals surface area contributed by atoms with Crippen LogP contribution in [-0.2, 0) is 0 Å². The number of piperazine rings is 1. The fourth-order valence-corrected chi connectivity index (χ4v) is 3.14. The van der Waals surface area contributed by atoms with Gasteiger partial charge in [-0.25, -0.2) is 0 Å². The Balaban J connectivity index is 1.69. The van der Waals surface area contributed by atoms with Crippen LogP contribution < -0.4 is 14.4 Å². The van der Waals surface area contributed by atoms with Crippen LogP contribution in [-0.4, -0.2) is 50.7 Å². The Morgan fingerprint density at radius 1 is 0.960 bits per heavy atom. The zero-order chi connectivity index (χ0) is 17.6. The number of methoxy groups -OCH3 is 1. The van der Waals surface area contributed by atoms with Crippen molar-refractivity contribution in [2.75, 3.05) is 44.8 Å². The molecule has 0 aliphatic carbocycles. The molecule has 0 saturated carbocycles. The Kier molecular flexibility index (Phi) is 5.43. The van der Waals surface area contributed by atoms with Gasteiger partial charge < -0.3 is 19.3 Å². The number of nitrogens with zero attached hydrogens (tertiary/aromatic N) is 2. The van der Waals surface area contributed by atoms with Gasteiger partial charge in [-0.3, -0.25) is 4.79 Å². The SMILES string of the molecule is CCOc1ccccc1C(=O)N1CCN(c2ccccc2OC)CC1. The molecule has 1 fully saturated rings. The Morgan fingerprint density at radius 2 is 1.60 bits per heavy atom. The lowest BCUT2D eigenvalue weighted by Gasteiger charge is -2.36. The molecule has 0 aromatic heterocycles. The number of ether oxygens (including phenoxy) is 2. The third-order valence-electron chi connectivity index (χ3n) is 4.41. The summed E-state index contributed by atoms with van der Waals surface area (Å²) < 4.78 is 11.0. The van der Waals surface area contributed by atoms with Gasteiger partial charge in [0.25, 0.3) is 5.91 Å². The van der Waals surface area contributed by atoms with E-state index in [0.29, 0.717) is 31.0 Å². The summed E-state index contributed by atoms with van der Waals surface area (Å²) in [6, 6.07) is 15.4. The number of carbonyl (C=O) groups is 1. The van der Waals surface area contributed by atoms with Crippen LogP contribution in [0.2, 0.25) is 0 Å². The van der Waals surface area contributed by atoms with Crippen LogP contribution in [0.15, 0.2) is 48.5 Å². The first-order chi connectivity index (χ1) is 12.2. The molecule has 0 unspecified atom stereocenters.